The molecule has 0 aliphatic carbocycles. The van der Waals surface area contributed by atoms with Gasteiger partial charge in [0.2, 0.25) is 0 Å². The van der Waals surface area contributed by atoms with Gasteiger partial charge in [0.15, 0.2) is 0 Å². The topological polar surface area (TPSA) is 48.1 Å². The summed E-state index contributed by atoms with van der Waals surface area (Å²) >= 11 is 0. The van der Waals surface area contributed by atoms with Crippen LogP contribution in [0.4, 0.5) is 0 Å². The molecule has 1 heterocycles. The van der Waals surface area contributed by atoms with E-state index in [1.54, 1.807) is 0 Å². The molecule has 0 amide bonds. The molecular weight excluding hydrogens is 313 g/mol. The van der Waals surface area contributed by atoms with Gasteiger partial charge in [-0.05, 0) is 26.7 Å². The third-order valence-corrected chi connectivity index (χ3v) is 6.52. The van der Waals surface area contributed by atoms with E-state index in [2.05, 4.69) is 13.8 Å². The molecule has 23 heavy (non-hydrogen) atoms. The van der Waals surface area contributed by atoms with Gasteiger partial charge in [0.05, 0.1) is 45.6 Å². The van der Waals surface area contributed by atoms with E-state index in [1.807, 2.05) is 13.8 Å². The van der Waals surface area contributed by atoms with Gasteiger partial charge >= 0.3 is 7.60 Å². The number of ether oxygens (including phenoxy) is 1. The molecule has 6 heteroatoms. The van der Waals surface area contributed by atoms with Crippen LogP contribution in [0.1, 0.15) is 53.4 Å². The first-order valence-electron chi connectivity index (χ1n) is 9.38. The van der Waals surface area contributed by atoms with Crippen molar-refractivity contribution in [3.8, 4) is 0 Å². The molecule has 0 aromatic carbocycles. The lowest BCUT2D eigenvalue weighted by Gasteiger charge is -2.39. The third kappa shape index (κ3) is 8.13. The van der Waals surface area contributed by atoms with Gasteiger partial charge in [0.25, 0.3) is 0 Å². The van der Waals surface area contributed by atoms with Crippen molar-refractivity contribution in [2.75, 3.05) is 52.2 Å². The molecule has 0 N–H and O–H groups in total. The van der Waals surface area contributed by atoms with Gasteiger partial charge in [-0.3, -0.25) is 4.57 Å². The Balaban J connectivity index is 2.76. The fourth-order valence-corrected chi connectivity index (χ4v) is 4.88. The van der Waals surface area contributed by atoms with Gasteiger partial charge < -0.3 is 18.3 Å². The Hall–Kier alpha value is 0.0700. The van der Waals surface area contributed by atoms with Crippen molar-refractivity contribution in [3.05, 3.63) is 0 Å². The molecule has 1 rings (SSSR count). The summed E-state index contributed by atoms with van der Waals surface area (Å²) in [6.07, 6.45) is 5.67. The molecule has 0 saturated carbocycles. The Bertz CT molecular complexity index is 343. The minimum Gasteiger partial charge on any atom is -0.367 e. The van der Waals surface area contributed by atoms with Crippen LogP contribution in [0.5, 0.6) is 0 Å². The number of hydrogen-bond donors (Lipinski definition) is 0. The van der Waals surface area contributed by atoms with Gasteiger partial charge in [-0.25, -0.2) is 0 Å². The average molecular weight is 350 g/mol. The van der Waals surface area contributed by atoms with E-state index >= 15 is 0 Å². The summed E-state index contributed by atoms with van der Waals surface area (Å²) in [4.78, 5) is 0. The molecule has 5 nitrogen and oxygen atoms in total. The molecule has 1 aliphatic heterocycles. The third-order valence-electron chi connectivity index (χ3n) is 4.47. The van der Waals surface area contributed by atoms with Gasteiger partial charge in [-0.2, -0.15) is 0 Å². The van der Waals surface area contributed by atoms with Crippen LogP contribution in [0.3, 0.4) is 0 Å². The summed E-state index contributed by atoms with van der Waals surface area (Å²) in [6, 6.07) is 0. The largest absolute Gasteiger partial charge is 0.367 e. The number of epoxide rings is 1. The van der Waals surface area contributed by atoms with Gasteiger partial charge in [0, 0.05) is 0 Å². The van der Waals surface area contributed by atoms with E-state index in [0.29, 0.717) is 25.5 Å². The Labute approximate surface area is 142 Å². The fourth-order valence-electron chi connectivity index (χ4n) is 3.10. The van der Waals surface area contributed by atoms with Crippen LogP contribution in [-0.4, -0.2) is 62.7 Å². The number of nitrogens with zero attached hydrogens (tertiary/aromatic N) is 1. The second kappa shape index (κ2) is 10.8. The normalized spacial score (nSPS) is 18.3. The van der Waals surface area contributed by atoms with Crippen LogP contribution in [0.25, 0.3) is 0 Å². The number of hydrogen-bond acceptors (Lipinski definition) is 4. The predicted octanol–water partition coefficient (Wildman–Crippen LogP) is 4.07. The van der Waals surface area contributed by atoms with Crippen molar-refractivity contribution in [1.29, 1.82) is 0 Å². The number of rotatable bonds is 15. The smallest absolute Gasteiger partial charge is 0.336 e. The first-order valence-corrected chi connectivity index (χ1v) is 11.1. The monoisotopic (exact) mass is 350 g/mol. The summed E-state index contributed by atoms with van der Waals surface area (Å²) in [5.41, 5.74) is 0. The van der Waals surface area contributed by atoms with E-state index in [9.17, 15) is 4.57 Å². The Morgan fingerprint density at radius 2 is 1.52 bits per heavy atom. The number of unbranched alkanes of at least 4 members (excludes halogenated alkanes) is 2. The molecule has 138 valence electrons. The van der Waals surface area contributed by atoms with Crippen molar-refractivity contribution in [2.24, 2.45) is 0 Å². The van der Waals surface area contributed by atoms with Gasteiger partial charge in [0.1, 0.15) is 12.6 Å². The molecule has 0 radical (unpaired) electrons. The molecular formula is C17H37NO4P+. The number of quaternary nitrogens is 1. The summed E-state index contributed by atoms with van der Waals surface area (Å²) in [5, 5.41) is 0. The molecule has 1 fully saturated rings. The summed E-state index contributed by atoms with van der Waals surface area (Å²) in [5.74, 6) is 0. The SMILES string of the molecule is CCCC[N+](CCCC)(CCP(=O)(OCC)OCC)CC1CO1. The summed E-state index contributed by atoms with van der Waals surface area (Å²) < 4.78 is 30.3. The van der Waals surface area contributed by atoms with Crippen LogP contribution in [0, 0.1) is 0 Å². The Morgan fingerprint density at radius 1 is 1.00 bits per heavy atom. The summed E-state index contributed by atoms with van der Waals surface area (Å²) in [7, 11) is -2.96. The zero-order chi connectivity index (χ0) is 17.2. The Morgan fingerprint density at radius 3 is 1.91 bits per heavy atom. The molecule has 0 bridgehead atoms. The summed E-state index contributed by atoms with van der Waals surface area (Å²) in [6.45, 7) is 14.1. The first-order chi connectivity index (χ1) is 11.0. The first kappa shape index (κ1) is 21.1. The van der Waals surface area contributed by atoms with Crippen LogP contribution in [0.15, 0.2) is 0 Å². The van der Waals surface area contributed by atoms with Crippen molar-refractivity contribution in [3.63, 3.8) is 0 Å². The maximum atomic E-state index is 12.8. The molecule has 1 atom stereocenters. The second-order valence-corrected chi connectivity index (χ2v) is 8.71. The van der Waals surface area contributed by atoms with Gasteiger partial charge in [-0.1, -0.05) is 26.7 Å². The standard InChI is InChI=1S/C17H37NO4P/c1-5-9-11-18(12-10-6-2,15-17-16-20-17)13-14-23(19,21-7-3)22-8-4/h17H,5-16H2,1-4H3/q+1. The fraction of sp³-hybridized carbons (Fsp3) is 1.00. The van der Waals surface area contributed by atoms with Crippen LogP contribution < -0.4 is 0 Å². The maximum absolute atomic E-state index is 12.8. The van der Waals surface area contributed by atoms with Crippen molar-refractivity contribution >= 4 is 7.60 Å². The molecule has 1 unspecified atom stereocenters. The van der Waals surface area contributed by atoms with Crippen LogP contribution in [0.2, 0.25) is 0 Å². The minimum absolute atomic E-state index is 0.391. The second-order valence-electron chi connectivity index (χ2n) is 6.53. The van der Waals surface area contributed by atoms with Crippen LogP contribution >= 0.6 is 7.60 Å². The van der Waals surface area contributed by atoms with E-state index in [4.69, 9.17) is 13.8 Å². The van der Waals surface area contributed by atoms with Crippen molar-refractivity contribution in [1.82, 2.24) is 0 Å². The highest BCUT2D eigenvalue weighted by Crippen LogP contribution is 2.48. The van der Waals surface area contributed by atoms with E-state index < -0.39 is 7.60 Å². The van der Waals surface area contributed by atoms with Gasteiger partial charge in [-0.15, -0.1) is 0 Å². The van der Waals surface area contributed by atoms with Crippen molar-refractivity contribution < 1.29 is 22.8 Å². The highest BCUT2D eigenvalue weighted by atomic mass is 31.2. The van der Waals surface area contributed by atoms with E-state index in [0.717, 1.165) is 37.3 Å². The molecule has 0 aromatic heterocycles. The minimum atomic E-state index is -2.96. The highest BCUT2D eigenvalue weighted by molar-refractivity contribution is 7.53. The lowest BCUT2D eigenvalue weighted by molar-refractivity contribution is -0.927. The van der Waals surface area contributed by atoms with E-state index in [1.165, 1.54) is 25.7 Å². The van der Waals surface area contributed by atoms with Crippen LogP contribution in [-0.2, 0) is 18.3 Å². The zero-order valence-corrected chi connectivity index (χ0v) is 16.5. The zero-order valence-electron chi connectivity index (χ0n) is 15.6. The lowest BCUT2D eigenvalue weighted by atomic mass is 10.2. The maximum Gasteiger partial charge on any atom is 0.336 e. The average Bonchev–Trinajstić information content (AvgIpc) is 3.33. The molecule has 1 saturated heterocycles. The molecule has 0 aromatic rings. The Kier molecular flexibility index (Phi) is 9.95. The van der Waals surface area contributed by atoms with E-state index in [-0.39, 0.29) is 0 Å². The highest BCUT2D eigenvalue weighted by Gasteiger charge is 2.38. The van der Waals surface area contributed by atoms with Crippen molar-refractivity contribution in [2.45, 2.75) is 59.5 Å². The molecule has 1 aliphatic rings. The molecule has 0 spiro atoms. The lowest BCUT2D eigenvalue weighted by Crippen LogP contribution is -2.53. The predicted molar refractivity (Wildman–Crippen MR) is 95.0 cm³/mol. The quantitative estimate of drug-likeness (QED) is 0.254.